The van der Waals surface area contributed by atoms with Gasteiger partial charge in [-0.15, -0.1) is 12.3 Å². The van der Waals surface area contributed by atoms with Crippen LogP contribution in [-0.4, -0.2) is 32.9 Å². The molecule has 0 aliphatic heterocycles. The van der Waals surface area contributed by atoms with Crippen LogP contribution in [0.4, 0.5) is 0 Å². The fourth-order valence-corrected chi connectivity index (χ4v) is 1.31. The van der Waals surface area contributed by atoms with E-state index in [1.807, 2.05) is 0 Å². The van der Waals surface area contributed by atoms with Crippen molar-refractivity contribution in [3.8, 4) is 12.3 Å². The first kappa shape index (κ1) is 13.9. The number of ether oxygens (including phenoxy) is 1. The molecule has 0 aromatic rings. The van der Waals surface area contributed by atoms with Crippen LogP contribution in [0.2, 0.25) is 0 Å². The average molecular weight is 234 g/mol. The molecule has 0 saturated carbocycles. The summed E-state index contributed by atoms with van der Waals surface area (Å²) < 4.78 is 31.2. The fraction of sp³-hybridized carbons (Fsp3) is 0.667. The molecule has 0 aliphatic rings. The standard InChI is InChI=1S/C9H14O5S/c1-4-6-7-13-9(10)8(3)14-15(11,12)5-2/h1,8H,5-7H2,2-3H3. The van der Waals surface area contributed by atoms with Gasteiger partial charge in [0.15, 0.2) is 6.10 Å². The number of hydrogen-bond donors (Lipinski definition) is 0. The van der Waals surface area contributed by atoms with E-state index < -0.39 is 22.2 Å². The second kappa shape index (κ2) is 6.43. The van der Waals surface area contributed by atoms with E-state index in [2.05, 4.69) is 14.8 Å². The van der Waals surface area contributed by atoms with Crippen LogP contribution >= 0.6 is 0 Å². The van der Waals surface area contributed by atoms with Crippen molar-refractivity contribution in [2.75, 3.05) is 12.4 Å². The lowest BCUT2D eigenvalue weighted by Gasteiger charge is -2.10. The highest BCUT2D eigenvalue weighted by Gasteiger charge is 2.21. The molecule has 0 aromatic heterocycles. The Kier molecular flexibility index (Phi) is 5.97. The summed E-state index contributed by atoms with van der Waals surface area (Å²) >= 11 is 0. The van der Waals surface area contributed by atoms with Gasteiger partial charge in [0.1, 0.15) is 6.61 Å². The minimum atomic E-state index is -3.64. The lowest BCUT2D eigenvalue weighted by molar-refractivity contribution is -0.150. The first-order chi connectivity index (χ1) is 6.93. The summed E-state index contributed by atoms with van der Waals surface area (Å²) in [7, 11) is -3.64. The maximum atomic E-state index is 11.1. The van der Waals surface area contributed by atoms with Crippen LogP contribution in [0.1, 0.15) is 20.3 Å². The van der Waals surface area contributed by atoms with Gasteiger partial charge in [0.2, 0.25) is 0 Å². The van der Waals surface area contributed by atoms with E-state index in [1.165, 1.54) is 13.8 Å². The third-order valence-corrected chi connectivity index (χ3v) is 2.76. The molecular formula is C9H14O5S. The molecule has 1 unspecified atom stereocenters. The quantitative estimate of drug-likeness (QED) is 0.286. The van der Waals surface area contributed by atoms with Gasteiger partial charge in [0.05, 0.1) is 5.75 Å². The largest absolute Gasteiger partial charge is 0.463 e. The average Bonchev–Trinajstić information content (AvgIpc) is 2.17. The lowest BCUT2D eigenvalue weighted by atomic mass is 10.4. The fourth-order valence-electron chi connectivity index (χ4n) is 0.655. The molecule has 5 nitrogen and oxygen atoms in total. The van der Waals surface area contributed by atoms with E-state index in [0.29, 0.717) is 6.42 Å². The lowest BCUT2D eigenvalue weighted by Crippen LogP contribution is -2.27. The summed E-state index contributed by atoms with van der Waals surface area (Å²) in [4.78, 5) is 11.1. The van der Waals surface area contributed by atoms with E-state index in [-0.39, 0.29) is 12.4 Å². The van der Waals surface area contributed by atoms with Crippen LogP contribution in [0.15, 0.2) is 0 Å². The van der Waals surface area contributed by atoms with Gasteiger partial charge in [-0.3, -0.25) is 4.18 Å². The monoisotopic (exact) mass is 234 g/mol. The van der Waals surface area contributed by atoms with Gasteiger partial charge in [-0.2, -0.15) is 8.42 Å². The number of rotatable bonds is 6. The topological polar surface area (TPSA) is 69.7 Å². The van der Waals surface area contributed by atoms with Gasteiger partial charge in [0, 0.05) is 6.42 Å². The highest BCUT2D eigenvalue weighted by atomic mass is 32.2. The predicted molar refractivity (Wildman–Crippen MR) is 54.4 cm³/mol. The Morgan fingerprint density at radius 1 is 1.53 bits per heavy atom. The molecule has 0 aromatic carbocycles. The Bertz CT molecular complexity index is 338. The minimum Gasteiger partial charge on any atom is -0.463 e. The van der Waals surface area contributed by atoms with E-state index in [4.69, 9.17) is 6.42 Å². The molecule has 0 saturated heterocycles. The van der Waals surface area contributed by atoms with Gasteiger partial charge < -0.3 is 4.74 Å². The summed E-state index contributed by atoms with van der Waals surface area (Å²) in [6, 6.07) is 0. The zero-order valence-corrected chi connectivity index (χ0v) is 9.54. The van der Waals surface area contributed by atoms with Crippen molar-refractivity contribution in [3.63, 3.8) is 0 Å². The normalized spacial score (nSPS) is 12.9. The molecule has 15 heavy (non-hydrogen) atoms. The Morgan fingerprint density at radius 2 is 2.13 bits per heavy atom. The Labute approximate surface area is 89.9 Å². The third kappa shape index (κ3) is 6.10. The number of hydrogen-bond acceptors (Lipinski definition) is 5. The van der Waals surface area contributed by atoms with Crippen LogP contribution in [0.5, 0.6) is 0 Å². The second-order valence-electron chi connectivity index (χ2n) is 2.71. The molecule has 0 N–H and O–H groups in total. The van der Waals surface area contributed by atoms with Crippen LogP contribution < -0.4 is 0 Å². The summed E-state index contributed by atoms with van der Waals surface area (Å²) in [5.41, 5.74) is 0. The van der Waals surface area contributed by atoms with E-state index in [9.17, 15) is 13.2 Å². The number of carbonyl (C=O) groups excluding carboxylic acids is 1. The minimum absolute atomic E-state index is 0.0647. The summed E-state index contributed by atoms with van der Waals surface area (Å²) in [6.07, 6.45) is 4.10. The van der Waals surface area contributed by atoms with Gasteiger partial charge in [-0.1, -0.05) is 0 Å². The zero-order chi connectivity index (χ0) is 11.9. The van der Waals surface area contributed by atoms with Crippen molar-refractivity contribution >= 4 is 16.1 Å². The van der Waals surface area contributed by atoms with E-state index in [0.717, 1.165) is 0 Å². The Morgan fingerprint density at radius 3 is 2.60 bits per heavy atom. The summed E-state index contributed by atoms with van der Waals surface area (Å²) in [5, 5.41) is 0. The van der Waals surface area contributed by atoms with Crippen molar-refractivity contribution < 1.29 is 22.1 Å². The molecule has 1 atom stereocenters. The third-order valence-electron chi connectivity index (χ3n) is 1.47. The zero-order valence-electron chi connectivity index (χ0n) is 8.73. The van der Waals surface area contributed by atoms with Crippen molar-refractivity contribution in [2.45, 2.75) is 26.4 Å². The van der Waals surface area contributed by atoms with Crippen molar-refractivity contribution in [2.24, 2.45) is 0 Å². The molecule has 0 bridgehead atoms. The van der Waals surface area contributed by atoms with E-state index in [1.54, 1.807) is 0 Å². The Hall–Kier alpha value is -1.06. The molecule has 86 valence electrons. The van der Waals surface area contributed by atoms with Crippen LogP contribution in [0.3, 0.4) is 0 Å². The number of carbonyl (C=O) groups is 1. The molecule has 0 rings (SSSR count). The maximum absolute atomic E-state index is 11.1. The van der Waals surface area contributed by atoms with Crippen LogP contribution in [0.25, 0.3) is 0 Å². The SMILES string of the molecule is C#CCCOC(=O)C(C)OS(=O)(=O)CC. The highest BCUT2D eigenvalue weighted by molar-refractivity contribution is 7.86. The van der Waals surface area contributed by atoms with Gasteiger partial charge in [-0.05, 0) is 13.8 Å². The van der Waals surface area contributed by atoms with Crippen LogP contribution in [0, 0.1) is 12.3 Å². The molecule has 0 amide bonds. The van der Waals surface area contributed by atoms with Crippen LogP contribution in [-0.2, 0) is 23.8 Å². The second-order valence-corrected chi connectivity index (χ2v) is 4.59. The van der Waals surface area contributed by atoms with Gasteiger partial charge in [-0.25, -0.2) is 4.79 Å². The summed E-state index contributed by atoms with van der Waals surface area (Å²) in [6.45, 7) is 2.80. The number of terminal acetylenes is 1. The van der Waals surface area contributed by atoms with Gasteiger partial charge >= 0.3 is 5.97 Å². The first-order valence-electron chi connectivity index (χ1n) is 4.44. The predicted octanol–water partition coefficient (Wildman–Crippen LogP) is 0.308. The van der Waals surface area contributed by atoms with Crippen molar-refractivity contribution in [1.29, 1.82) is 0 Å². The smallest absolute Gasteiger partial charge is 0.336 e. The molecule has 0 spiro atoms. The molecule has 0 fully saturated rings. The summed E-state index contributed by atoms with van der Waals surface area (Å²) in [5.74, 6) is 1.37. The van der Waals surface area contributed by atoms with Gasteiger partial charge in [0.25, 0.3) is 10.1 Å². The molecular weight excluding hydrogens is 220 g/mol. The van der Waals surface area contributed by atoms with Crippen molar-refractivity contribution in [3.05, 3.63) is 0 Å². The molecule has 0 aliphatic carbocycles. The highest BCUT2D eigenvalue weighted by Crippen LogP contribution is 2.02. The Balaban J connectivity index is 4.06. The maximum Gasteiger partial charge on any atom is 0.336 e. The van der Waals surface area contributed by atoms with Crippen molar-refractivity contribution in [1.82, 2.24) is 0 Å². The number of esters is 1. The van der Waals surface area contributed by atoms with E-state index >= 15 is 0 Å². The molecule has 0 radical (unpaired) electrons. The first-order valence-corrected chi connectivity index (χ1v) is 6.01. The molecule has 6 heteroatoms. The molecule has 0 heterocycles.